The van der Waals surface area contributed by atoms with Crippen LogP contribution in [0.1, 0.15) is 30.5 Å². The Labute approximate surface area is 194 Å². The molecule has 2 N–H and O–H groups in total. The molecule has 12 heteroatoms. The number of aromatic carboxylic acids is 2. The Hall–Kier alpha value is -3.38. The molecule has 0 aliphatic heterocycles. The second kappa shape index (κ2) is 8.13. The van der Waals surface area contributed by atoms with Crippen molar-refractivity contribution in [1.82, 2.24) is 0 Å². The van der Waals surface area contributed by atoms with E-state index in [0.717, 1.165) is 48.5 Å². The third-order valence-corrected chi connectivity index (χ3v) is 7.43. The predicted octanol–water partition coefficient (Wildman–Crippen LogP) is 7.73. The summed E-state index contributed by atoms with van der Waals surface area (Å²) in [7, 11) is 0. The molecule has 176 valence electrons. The van der Waals surface area contributed by atoms with E-state index < -0.39 is 35.4 Å². The summed E-state index contributed by atoms with van der Waals surface area (Å²) in [4.78, 5) is 23.3. The summed E-state index contributed by atoms with van der Waals surface area (Å²) < 4.78 is 78.0. The monoisotopic (exact) mass is 516 g/mol. The van der Waals surface area contributed by atoms with Gasteiger partial charge in [-0.3, -0.25) is 0 Å². The van der Waals surface area contributed by atoms with Crippen LogP contribution in [0.4, 0.5) is 26.3 Å². The number of rotatable bonds is 4. The van der Waals surface area contributed by atoms with E-state index in [2.05, 4.69) is 0 Å². The molecule has 34 heavy (non-hydrogen) atoms. The van der Waals surface area contributed by atoms with Crippen molar-refractivity contribution in [2.75, 3.05) is 0 Å². The molecular formula is C22H10F6O4S2. The molecular weight excluding hydrogens is 506 g/mol. The average molecular weight is 516 g/mol. The number of carbonyl (C=O) groups is 2. The topological polar surface area (TPSA) is 74.6 Å². The van der Waals surface area contributed by atoms with E-state index in [-0.39, 0.29) is 41.4 Å². The molecule has 0 fully saturated rings. The standard InChI is InChI=1S/C22H10F6O4S2/c23-21(24,25)11-5-1-9(2-6-11)13-15-16(34-17(13)19(29)30)14(18(33-15)20(31)32)10-3-7-12(8-4-10)22(26,27)28/h1-8H,(H,29,30)(H,31,32). The molecule has 2 aromatic carbocycles. The highest BCUT2D eigenvalue weighted by molar-refractivity contribution is 7.31. The summed E-state index contributed by atoms with van der Waals surface area (Å²) in [5.74, 6) is -2.75. The lowest BCUT2D eigenvalue weighted by Crippen LogP contribution is -2.04. The van der Waals surface area contributed by atoms with E-state index in [9.17, 15) is 46.1 Å². The lowest BCUT2D eigenvalue weighted by Gasteiger charge is -2.08. The van der Waals surface area contributed by atoms with Crippen molar-refractivity contribution in [2.45, 2.75) is 12.4 Å². The van der Waals surface area contributed by atoms with E-state index in [1.165, 1.54) is 0 Å². The van der Waals surface area contributed by atoms with Crippen molar-refractivity contribution in [1.29, 1.82) is 0 Å². The Morgan fingerprint density at radius 3 is 1.12 bits per heavy atom. The lowest BCUT2D eigenvalue weighted by atomic mass is 10.0. The van der Waals surface area contributed by atoms with Crippen LogP contribution in [-0.4, -0.2) is 22.2 Å². The first-order valence-corrected chi connectivity index (χ1v) is 10.8. The molecule has 2 aromatic heterocycles. The van der Waals surface area contributed by atoms with Crippen molar-refractivity contribution >= 4 is 44.0 Å². The highest BCUT2D eigenvalue weighted by atomic mass is 32.1. The zero-order chi connectivity index (χ0) is 25.0. The molecule has 0 atom stereocenters. The third kappa shape index (κ3) is 4.14. The van der Waals surface area contributed by atoms with Crippen molar-refractivity contribution in [2.24, 2.45) is 0 Å². The van der Waals surface area contributed by atoms with Crippen LogP contribution < -0.4 is 0 Å². The number of halogens is 6. The number of benzene rings is 2. The van der Waals surface area contributed by atoms with Gasteiger partial charge >= 0.3 is 24.3 Å². The molecule has 0 bridgehead atoms. The Balaban J connectivity index is 1.96. The maximum atomic E-state index is 12.9. The van der Waals surface area contributed by atoms with Crippen LogP contribution in [0.3, 0.4) is 0 Å². The van der Waals surface area contributed by atoms with E-state index in [1.807, 2.05) is 0 Å². The molecule has 0 radical (unpaired) electrons. The summed E-state index contributed by atoms with van der Waals surface area (Å²) in [6.45, 7) is 0. The SMILES string of the molecule is O=C(O)c1sc2c(-c3ccc(C(F)(F)F)cc3)c(C(=O)O)sc2c1-c1ccc(C(F)(F)F)cc1. The molecule has 0 saturated heterocycles. The van der Waals surface area contributed by atoms with Crippen LogP contribution in [0.5, 0.6) is 0 Å². The minimum atomic E-state index is -4.60. The van der Waals surface area contributed by atoms with Crippen molar-refractivity contribution in [3.05, 3.63) is 69.4 Å². The Kier molecular flexibility index (Phi) is 5.68. The Morgan fingerprint density at radius 2 is 0.882 bits per heavy atom. The molecule has 2 heterocycles. The van der Waals surface area contributed by atoms with Gasteiger partial charge in [0, 0.05) is 11.1 Å². The van der Waals surface area contributed by atoms with Gasteiger partial charge in [-0.15, -0.1) is 22.7 Å². The van der Waals surface area contributed by atoms with Gasteiger partial charge < -0.3 is 10.2 Å². The smallest absolute Gasteiger partial charge is 0.416 e. The van der Waals surface area contributed by atoms with Crippen molar-refractivity contribution in [3.8, 4) is 22.3 Å². The summed E-state index contributed by atoms with van der Waals surface area (Å²) in [5, 5.41) is 19.4. The van der Waals surface area contributed by atoms with Gasteiger partial charge in [-0.1, -0.05) is 24.3 Å². The molecule has 0 unspecified atom stereocenters. The summed E-state index contributed by atoms with van der Waals surface area (Å²) in [6, 6.07) is 7.51. The van der Waals surface area contributed by atoms with Gasteiger partial charge in [0.25, 0.3) is 0 Å². The van der Waals surface area contributed by atoms with Gasteiger partial charge in [0.05, 0.1) is 20.5 Å². The van der Waals surface area contributed by atoms with Gasteiger partial charge in [0.2, 0.25) is 0 Å². The van der Waals surface area contributed by atoms with Crippen LogP contribution in [0.2, 0.25) is 0 Å². The molecule has 0 aliphatic carbocycles. The number of hydrogen-bond acceptors (Lipinski definition) is 4. The molecule has 0 saturated carbocycles. The van der Waals surface area contributed by atoms with Crippen molar-refractivity contribution in [3.63, 3.8) is 0 Å². The second-order valence-corrected chi connectivity index (χ2v) is 9.07. The van der Waals surface area contributed by atoms with Crippen LogP contribution >= 0.6 is 22.7 Å². The first-order valence-electron chi connectivity index (χ1n) is 9.20. The van der Waals surface area contributed by atoms with Crippen LogP contribution in [-0.2, 0) is 12.4 Å². The first-order chi connectivity index (χ1) is 15.8. The number of carboxylic acid groups (broad SMARTS) is 2. The first kappa shape index (κ1) is 23.8. The van der Waals surface area contributed by atoms with Crippen LogP contribution in [0, 0.1) is 0 Å². The largest absolute Gasteiger partial charge is 0.477 e. The molecule has 4 rings (SSSR count). The highest BCUT2D eigenvalue weighted by Gasteiger charge is 2.33. The summed E-state index contributed by atoms with van der Waals surface area (Å²) in [6.07, 6.45) is -9.21. The van der Waals surface area contributed by atoms with E-state index in [0.29, 0.717) is 22.7 Å². The Bertz CT molecular complexity index is 1300. The van der Waals surface area contributed by atoms with Crippen molar-refractivity contribution < 1.29 is 46.1 Å². The minimum absolute atomic E-state index is 0.0480. The van der Waals surface area contributed by atoms with Gasteiger partial charge in [-0.2, -0.15) is 26.3 Å². The maximum Gasteiger partial charge on any atom is 0.416 e. The lowest BCUT2D eigenvalue weighted by molar-refractivity contribution is -0.138. The summed E-state index contributed by atoms with van der Waals surface area (Å²) in [5.41, 5.74) is -1.52. The maximum absolute atomic E-state index is 12.9. The third-order valence-electron chi connectivity index (χ3n) is 4.91. The fraction of sp³-hybridized carbons (Fsp3) is 0.0909. The fourth-order valence-electron chi connectivity index (χ4n) is 3.41. The molecule has 4 nitrogen and oxygen atoms in total. The number of alkyl halides is 6. The van der Waals surface area contributed by atoms with E-state index in [1.54, 1.807) is 0 Å². The number of fused-ring (bicyclic) bond motifs is 1. The van der Waals surface area contributed by atoms with Gasteiger partial charge in [-0.25, -0.2) is 9.59 Å². The predicted molar refractivity (Wildman–Crippen MR) is 114 cm³/mol. The van der Waals surface area contributed by atoms with E-state index in [4.69, 9.17) is 0 Å². The zero-order valence-corrected chi connectivity index (χ0v) is 18.0. The Morgan fingerprint density at radius 1 is 0.588 bits per heavy atom. The minimum Gasteiger partial charge on any atom is -0.477 e. The summed E-state index contributed by atoms with van der Waals surface area (Å²) >= 11 is 1.42. The van der Waals surface area contributed by atoms with Gasteiger partial charge in [-0.05, 0) is 35.4 Å². The van der Waals surface area contributed by atoms with E-state index >= 15 is 0 Å². The highest BCUT2D eigenvalue weighted by Crippen LogP contribution is 2.50. The molecule has 0 amide bonds. The normalized spacial score (nSPS) is 12.3. The number of hydrogen-bond donors (Lipinski definition) is 2. The molecule has 0 aliphatic rings. The average Bonchev–Trinajstić information content (AvgIpc) is 3.29. The number of thiophene rings is 2. The van der Waals surface area contributed by atoms with Gasteiger partial charge in [0.1, 0.15) is 9.75 Å². The van der Waals surface area contributed by atoms with Crippen LogP contribution in [0.15, 0.2) is 48.5 Å². The van der Waals surface area contributed by atoms with Crippen LogP contribution in [0.25, 0.3) is 31.7 Å². The molecule has 0 spiro atoms. The quantitative estimate of drug-likeness (QED) is 0.272. The zero-order valence-electron chi connectivity index (χ0n) is 16.4. The van der Waals surface area contributed by atoms with Gasteiger partial charge in [0.15, 0.2) is 0 Å². The number of carboxylic acids is 2. The molecule has 4 aromatic rings. The second-order valence-electron chi connectivity index (χ2n) is 7.03. The fourth-order valence-corrected chi connectivity index (χ4v) is 6.05.